The summed E-state index contributed by atoms with van der Waals surface area (Å²) in [6.07, 6.45) is 1.78. The Kier molecular flexibility index (Phi) is 5.14. The van der Waals surface area contributed by atoms with Crippen LogP contribution < -0.4 is 5.73 Å². The third-order valence-corrected chi connectivity index (χ3v) is 3.30. The van der Waals surface area contributed by atoms with Gasteiger partial charge in [0, 0.05) is 19.2 Å². The van der Waals surface area contributed by atoms with E-state index >= 15 is 0 Å². The number of carbonyl (C=O) groups excluding carboxylic acids is 1. The predicted molar refractivity (Wildman–Crippen MR) is 84.4 cm³/mol. The zero-order chi connectivity index (χ0) is 16.1. The lowest BCUT2D eigenvalue weighted by Gasteiger charge is -2.20. The maximum Gasteiger partial charge on any atom is 0.274 e. The van der Waals surface area contributed by atoms with Gasteiger partial charge in [-0.05, 0) is 37.1 Å². The number of carbonyl (C=O) groups is 1. The first-order chi connectivity index (χ1) is 10.6. The maximum absolute atomic E-state index is 13.0. The molecule has 0 spiro atoms. The number of benzene rings is 1. The number of nitrogens with zero attached hydrogens (tertiary/aromatic N) is 3. The van der Waals surface area contributed by atoms with Gasteiger partial charge >= 0.3 is 0 Å². The summed E-state index contributed by atoms with van der Waals surface area (Å²) >= 11 is 0. The summed E-state index contributed by atoms with van der Waals surface area (Å²) in [5, 5.41) is 4.27. The van der Waals surface area contributed by atoms with E-state index in [1.54, 1.807) is 23.1 Å². The molecule has 0 atom stereocenters. The molecule has 0 aliphatic carbocycles. The second kappa shape index (κ2) is 7.06. The zero-order valence-electron chi connectivity index (χ0n) is 12.9. The standard InChI is InChI=1S/C16H21FN4O/c1-3-9-20(10-4-2)16(22)14-11-15(18)21(19-14)13-7-5-12(17)6-8-13/h5-8,11H,3-4,9-10,18H2,1-2H3. The number of amides is 1. The van der Waals surface area contributed by atoms with Gasteiger partial charge < -0.3 is 10.6 Å². The molecule has 1 aromatic carbocycles. The zero-order valence-corrected chi connectivity index (χ0v) is 12.9. The van der Waals surface area contributed by atoms with Gasteiger partial charge in [0.1, 0.15) is 11.6 Å². The van der Waals surface area contributed by atoms with Gasteiger partial charge in [0.25, 0.3) is 5.91 Å². The smallest absolute Gasteiger partial charge is 0.274 e. The summed E-state index contributed by atoms with van der Waals surface area (Å²) in [6, 6.07) is 7.37. The molecule has 0 bridgehead atoms. The largest absolute Gasteiger partial charge is 0.384 e. The maximum atomic E-state index is 13.0. The van der Waals surface area contributed by atoms with Crippen LogP contribution in [0.1, 0.15) is 37.2 Å². The molecular weight excluding hydrogens is 283 g/mol. The highest BCUT2D eigenvalue weighted by Crippen LogP contribution is 2.16. The van der Waals surface area contributed by atoms with Crippen molar-refractivity contribution in [2.24, 2.45) is 0 Å². The van der Waals surface area contributed by atoms with Crippen LogP contribution in [0.4, 0.5) is 10.2 Å². The second-order valence-electron chi connectivity index (χ2n) is 5.13. The molecule has 2 rings (SSSR count). The van der Waals surface area contributed by atoms with E-state index < -0.39 is 0 Å². The van der Waals surface area contributed by atoms with E-state index in [2.05, 4.69) is 5.10 Å². The number of hydrogen-bond acceptors (Lipinski definition) is 3. The average Bonchev–Trinajstić information content (AvgIpc) is 2.89. The van der Waals surface area contributed by atoms with Crippen LogP contribution in [-0.4, -0.2) is 33.7 Å². The van der Waals surface area contributed by atoms with Crippen LogP contribution >= 0.6 is 0 Å². The van der Waals surface area contributed by atoms with Gasteiger partial charge in [-0.3, -0.25) is 4.79 Å². The highest BCUT2D eigenvalue weighted by Gasteiger charge is 2.19. The molecule has 0 aliphatic rings. The lowest BCUT2D eigenvalue weighted by Crippen LogP contribution is -2.32. The van der Waals surface area contributed by atoms with E-state index in [-0.39, 0.29) is 11.7 Å². The first-order valence-electron chi connectivity index (χ1n) is 7.47. The van der Waals surface area contributed by atoms with Crippen LogP contribution in [0.25, 0.3) is 5.69 Å². The predicted octanol–water partition coefficient (Wildman–Crippen LogP) is 2.86. The number of aromatic nitrogens is 2. The van der Waals surface area contributed by atoms with Gasteiger partial charge in [-0.1, -0.05) is 13.8 Å². The molecular formula is C16H21FN4O. The van der Waals surface area contributed by atoms with Crippen LogP contribution in [0.5, 0.6) is 0 Å². The van der Waals surface area contributed by atoms with Crippen LogP contribution in [0, 0.1) is 5.82 Å². The van der Waals surface area contributed by atoms with E-state index in [4.69, 9.17) is 5.73 Å². The molecule has 0 unspecified atom stereocenters. The highest BCUT2D eigenvalue weighted by atomic mass is 19.1. The Morgan fingerprint density at radius 2 is 1.82 bits per heavy atom. The van der Waals surface area contributed by atoms with Crippen molar-refractivity contribution < 1.29 is 9.18 Å². The molecule has 22 heavy (non-hydrogen) atoms. The monoisotopic (exact) mass is 304 g/mol. The Hall–Kier alpha value is -2.37. The lowest BCUT2D eigenvalue weighted by molar-refractivity contribution is 0.0749. The average molecular weight is 304 g/mol. The van der Waals surface area contributed by atoms with E-state index in [1.807, 2.05) is 13.8 Å². The minimum absolute atomic E-state index is 0.128. The summed E-state index contributed by atoms with van der Waals surface area (Å²) in [5.74, 6) is -0.109. The molecule has 2 N–H and O–H groups in total. The molecule has 1 amide bonds. The quantitative estimate of drug-likeness (QED) is 0.892. The van der Waals surface area contributed by atoms with Crippen LogP contribution in [0.2, 0.25) is 0 Å². The molecule has 0 fully saturated rings. The minimum atomic E-state index is -0.331. The first-order valence-corrected chi connectivity index (χ1v) is 7.47. The summed E-state index contributed by atoms with van der Waals surface area (Å²) in [4.78, 5) is 14.3. The van der Waals surface area contributed by atoms with Crippen molar-refractivity contribution in [1.29, 1.82) is 0 Å². The van der Waals surface area contributed by atoms with Gasteiger partial charge in [-0.25, -0.2) is 9.07 Å². The first kappa shape index (κ1) is 16.0. The Morgan fingerprint density at radius 3 is 2.36 bits per heavy atom. The molecule has 0 saturated carbocycles. The van der Waals surface area contributed by atoms with Crippen molar-refractivity contribution in [2.75, 3.05) is 18.8 Å². The fraction of sp³-hybridized carbons (Fsp3) is 0.375. The topological polar surface area (TPSA) is 64.2 Å². The van der Waals surface area contributed by atoms with Crippen LogP contribution in [0.15, 0.2) is 30.3 Å². The van der Waals surface area contributed by atoms with Gasteiger partial charge in [0.15, 0.2) is 5.69 Å². The molecule has 5 nitrogen and oxygen atoms in total. The lowest BCUT2D eigenvalue weighted by atomic mass is 10.3. The van der Waals surface area contributed by atoms with Crippen LogP contribution in [0.3, 0.4) is 0 Å². The van der Waals surface area contributed by atoms with Crippen molar-refractivity contribution in [3.63, 3.8) is 0 Å². The molecule has 6 heteroatoms. The minimum Gasteiger partial charge on any atom is -0.384 e. The third kappa shape index (κ3) is 3.44. The van der Waals surface area contributed by atoms with Gasteiger partial charge in [-0.15, -0.1) is 0 Å². The van der Waals surface area contributed by atoms with E-state index in [0.29, 0.717) is 30.3 Å². The Labute approximate surface area is 129 Å². The van der Waals surface area contributed by atoms with E-state index in [9.17, 15) is 9.18 Å². The molecule has 118 valence electrons. The van der Waals surface area contributed by atoms with Gasteiger partial charge in [0.2, 0.25) is 0 Å². The fourth-order valence-corrected chi connectivity index (χ4v) is 2.31. The fourth-order valence-electron chi connectivity index (χ4n) is 2.31. The SMILES string of the molecule is CCCN(CCC)C(=O)c1cc(N)n(-c2ccc(F)cc2)n1. The second-order valence-corrected chi connectivity index (χ2v) is 5.13. The van der Waals surface area contributed by atoms with Crippen molar-refractivity contribution in [2.45, 2.75) is 26.7 Å². The van der Waals surface area contributed by atoms with E-state index in [0.717, 1.165) is 12.8 Å². The van der Waals surface area contributed by atoms with Gasteiger partial charge in [0.05, 0.1) is 5.69 Å². The van der Waals surface area contributed by atoms with Gasteiger partial charge in [-0.2, -0.15) is 5.10 Å². The number of rotatable bonds is 6. The number of anilines is 1. The Balaban J connectivity index is 2.28. The number of nitrogens with two attached hydrogens (primary N) is 1. The molecule has 0 saturated heterocycles. The molecule has 1 heterocycles. The molecule has 2 aromatic rings. The molecule has 0 aliphatic heterocycles. The normalized spacial score (nSPS) is 10.7. The number of nitrogen functional groups attached to an aromatic ring is 1. The summed E-state index contributed by atoms with van der Waals surface area (Å²) in [7, 11) is 0. The number of hydrogen-bond donors (Lipinski definition) is 1. The highest BCUT2D eigenvalue weighted by molar-refractivity contribution is 5.93. The van der Waals surface area contributed by atoms with Crippen molar-refractivity contribution in [3.8, 4) is 5.69 Å². The van der Waals surface area contributed by atoms with Crippen molar-refractivity contribution in [3.05, 3.63) is 41.8 Å². The van der Waals surface area contributed by atoms with E-state index in [1.165, 1.54) is 16.8 Å². The van der Waals surface area contributed by atoms with Crippen molar-refractivity contribution >= 4 is 11.7 Å². The third-order valence-electron chi connectivity index (χ3n) is 3.30. The van der Waals surface area contributed by atoms with Crippen LogP contribution in [-0.2, 0) is 0 Å². The summed E-state index contributed by atoms with van der Waals surface area (Å²) in [5.41, 5.74) is 6.86. The Morgan fingerprint density at radius 1 is 1.23 bits per heavy atom. The number of halogens is 1. The Bertz CT molecular complexity index is 630. The molecule has 1 aromatic heterocycles. The summed E-state index contributed by atoms with van der Waals surface area (Å²) in [6.45, 7) is 5.44. The molecule has 0 radical (unpaired) electrons. The van der Waals surface area contributed by atoms with Crippen molar-refractivity contribution in [1.82, 2.24) is 14.7 Å². The summed E-state index contributed by atoms with van der Waals surface area (Å²) < 4.78 is 14.4.